The maximum absolute atomic E-state index is 13.6. The number of rotatable bonds is 6. The van der Waals surface area contributed by atoms with Crippen molar-refractivity contribution < 1.29 is 18.0 Å². The number of hydrogen-bond donors (Lipinski definition) is 3. The number of guanidine groups is 1. The van der Waals surface area contributed by atoms with E-state index in [1.54, 1.807) is 11.7 Å². The maximum atomic E-state index is 13.6. The summed E-state index contributed by atoms with van der Waals surface area (Å²) in [4.78, 5) is 20.2. The van der Waals surface area contributed by atoms with Crippen molar-refractivity contribution in [1.29, 1.82) is 0 Å². The van der Waals surface area contributed by atoms with Crippen LogP contribution in [0.3, 0.4) is 0 Å². The average molecular weight is 497 g/mol. The van der Waals surface area contributed by atoms with Crippen molar-refractivity contribution in [3.8, 4) is 0 Å². The minimum atomic E-state index is -1.64. The van der Waals surface area contributed by atoms with E-state index >= 15 is 0 Å². The van der Waals surface area contributed by atoms with E-state index in [9.17, 15) is 18.0 Å². The van der Waals surface area contributed by atoms with Crippen LogP contribution in [0.4, 0.5) is 18.9 Å². The van der Waals surface area contributed by atoms with Crippen molar-refractivity contribution in [3.05, 3.63) is 41.7 Å². The average Bonchev–Trinajstić information content (AvgIpc) is 3.03. The number of carbonyl (C=O) groups excluding carboxylic acids is 1. The van der Waals surface area contributed by atoms with Crippen molar-refractivity contribution in [2.75, 3.05) is 18.4 Å². The van der Waals surface area contributed by atoms with Crippen molar-refractivity contribution in [3.63, 3.8) is 0 Å². The molecule has 0 saturated heterocycles. The Kier molecular flexibility index (Phi) is 8.97. The number of anilines is 1. The van der Waals surface area contributed by atoms with Gasteiger partial charge in [0.05, 0.1) is 12.2 Å². The molecule has 0 aliphatic heterocycles. The van der Waals surface area contributed by atoms with Gasteiger partial charge in [-0.1, -0.05) is 0 Å². The van der Waals surface area contributed by atoms with Gasteiger partial charge in [0, 0.05) is 13.6 Å². The summed E-state index contributed by atoms with van der Waals surface area (Å²) in [5.41, 5.74) is -0.447. The van der Waals surface area contributed by atoms with E-state index in [1.807, 2.05) is 6.92 Å². The molecule has 0 aliphatic carbocycles. The van der Waals surface area contributed by atoms with Gasteiger partial charge >= 0.3 is 0 Å². The van der Waals surface area contributed by atoms with Gasteiger partial charge in [0.15, 0.2) is 23.4 Å². The molecule has 8 nitrogen and oxygen atoms in total. The van der Waals surface area contributed by atoms with E-state index in [1.165, 1.54) is 6.33 Å². The third-order valence-corrected chi connectivity index (χ3v) is 3.25. The monoisotopic (exact) mass is 497 g/mol. The highest BCUT2D eigenvalue weighted by molar-refractivity contribution is 14.0. The van der Waals surface area contributed by atoms with Gasteiger partial charge in [-0.3, -0.25) is 9.48 Å². The fourth-order valence-corrected chi connectivity index (χ4v) is 1.94. The van der Waals surface area contributed by atoms with Crippen LogP contribution >= 0.6 is 24.0 Å². The van der Waals surface area contributed by atoms with Crippen LogP contribution in [-0.4, -0.2) is 39.7 Å². The zero-order chi connectivity index (χ0) is 19.1. The third kappa shape index (κ3) is 6.37. The van der Waals surface area contributed by atoms with Crippen LogP contribution in [-0.2, 0) is 18.4 Å². The summed E-state index contributed by atoms with van der Waals surface area (Å²) in [7, 11) is 1.72. The highest BCUT2D eigenvalue weighted by Crippen LogP contribution is 2.19. The van der Waals surface area contributed by atoms with E-state index < -0.39 is 29.0 Å². The quantitative estimate of drug-likeness (QED) is 0.244. The van der Waals surface area contributed by atoms with Crippen molar-refractivity contribution in [1.82, 2.24) is 25.4 Å². The number of aliphatic imine (C=N–C) groups is 1. The summed E-state index contributed by atoms with van der Waals surface area (Å²) in [5.74, 6) is -4.13. The van der Waals surface area contributed by atoms with Crippen molar-refractivity contribution >= 4 is 41.5 Å². The van der Waals surface area contributed by atoms with Gasteiger partial charge in [0.2, 0.25) is 5.91 Å². The molecule has 12 heteroatoms. The van der Waals surface area contributed by atoms with E-state index in [4.69, 9.17) is 0 Å². The van der Waals surface area contributed by atoms with Gasteiger partial charge in [0.1, 0.15) is 18.7 Å². The van der Waals surface area contributed by atoms with Gasteiger partial charge in [-0.25, -0.2) is 23.1 Å². The first kappa shape index (κ1) is 22.7. The lowest BCUT2D eigenvalue weighted by Gasteiger charge is -2.12. The molecule has 148 valence electrons. The molecule has 0 fully saturated rings. The Labute approximate surface area is 170 Å². The number of halogens is 4. The topological polar surface area (TPSA) is 96.2 Å². The van der Waals surface area contributed by atoms with Gasteiger partial charge in [-0.2, -0.15) is 5.10 Å². The first-order valence-electron chi connectivity index (χ1n) is 7.70. The molecule has 0 bridgehead atoms. The Bertz CT molecular complexity index is 813. The number of hydrogen-bond acceptors (Lipinski definition) is 4. The van der Waals surface area contributed by atoms with E-state index in [0.29, 0.717) is 18.3 Å². The van der Waals surface area contributed by atoms with Gasteiger partial charge in [0.25, 0.3) is 0 Å². The van der Waals surface area contributed by atoms with Gasteiger partial charge < -0.3 is 16.0 Å². The van der Waals surface area contributed by atoms with Crippen LogP contribution < -0.4 is 16.0 Å². The fraction of sp³-hybridized carbons (Fsp3) is 0.333. The highest BCUT2D eigenvalue weighted by atomic mass is 127. The molecule has 3 N–H and O–H groups in total. The number of benzene rings is 1. The van der Waals surface area contributed by atoms with Crippen LogP contribution in [0.2, 0.25) is 0 Å². The molecular formula is C15H19F3IN7O. The second-order valence-corrected chi connectivity index (χ2v) is 5.12. The number of aromatic nitrogens is 3. The van der Waals surface area contributed by atoms with Gasteiger partial charge in [-0.15, -0.1) is 24.0 Å². The van der Waals surface area contributed by atoms with Crippen LogP contribution in [0.25, 0.3) is 0 Å². The zero-order valence-electron chi connectivity index (χ0n) is 14.6. The largest absolute Gasteiger partial charge is 0.357 e. The summed E-state index contributed by atoms with van der Waals surface area (Å²) >= 11 is 0. The molecule has 0 saturated carbocycles. The molecule has 0 radical (unpaired) electrons. The Hall–Kier alpha value is -2.38. The second-order valence-electron chi connectivity index (χ2n) is 5.12. The Balaban J connectivity index is 0.00000364. The summed E-state index contributed by atoms with van der Waals surface area (Å²) in [6, 6.07) is 1.67. The number of carbonyl (C=O) groups is 1. The standard InChI is InChI=1S/C15H18F3N7O.HI/c1-3-19-15(20-6-11-22-8-23-25(11)2)21-7-12(26)24-10-5-4-9(16)13(17)14(10)18;/h4-5,8H,3,6-7H2,1-2H3,(H,24,26)(H2,19,20,21);1H. The molecule has 1 heterocycles. The molecule has 0 aliphatic rings. The third-order valence-electron chi connectivity index (χ3n) is 3.25. The number of amides is 1. The molecule has 1 amide bonds. The van der Waals surface area contributed by atoms with Crippen LogP contribution in [0.1, 0.15) is 12.7 Å². The molecule has 1 aromatic heterocycles. The molecule has 2 aromatic rings. The van der Waals surface area contributed by atoms with E-state index in [2.05, 4.69) is 31.0 Å². The Morgan fingerprint density at radius 3 is 2.59 bits per heavy atom. The Morgan fingerprint density at radius 1 is 1.22 bits per heavy atom. The van der Waals surface area contributed by atoms with Crippen molar-refractivity contribution in [2.24, 2.45) is 12.0 Å². The highest BCUT2D eigenvalue weighted by Gasteiger charge is 2.15. The van der Waals surface area contributed by atoms with Crippen LogP contribution in [0.15, 0.2) is 23.5 Å². The predicted molar refractivity (Wildman–Crippen MR) is 104 cm³/mol. The van der Waals surface area contributed by atoms with Crippen LogP contribution in [0, 0.1) is 17.5 Å². The normalized spacial score (nSPS) is 10.9. The molecular weight excluding hydrogens is 478 g/mol. The first-order valence-corrected chi connectivity index (χ1v) is 7.70. The number of nitrogens with one attached hydrogen (secondary N) is 3. The summed E-state index contributed by atoms with van der Waals surface area (Å²) in [6.45, 7) is 2.36. The van der Waals surface area contributed by atoms with Gasteiger partial charge in [-0.05, 0) is 19.1 Å². The number of aryl methyl sites for hydroxylation is 1. The minimum absolute atomic E-state index is 0. The van der Waals surface area contributed by atoms with E-state index in [0.717, 1.165) is 12.1 Å². The lowest BCUT2D eigenvalue weighted by molar-refractivity contribution is -0.115. The summed E-state index contributed by atoms with van der Waals surface area (Å²) in [6.07, 6.45) is 1.40. The maximum Gasteiger partial charge on any atom is 0.243 e. The molecule has 0 atom stereocenters. The molecule has 0 spiro atoms. The minimum Gasteiger partial charge on any atom is -0.357 e. The molecule has 27 heavy (non-hydrogen) atoms. The molecule has 0 unspecified atom stereocenters. The molecule has 1 aromatic carbocycles. The first-order chi connectivity index (χ1) is 12.4. The van der Waals surface area contributed by atoms with Crippen LogP contribution in [0.5, 0.6) is 0 Å². The Morgan fingerprint density at radius 2 is 1.96 bits per heavy atom. The smallest absolute Gasteiger partial charge is 0.243 e. The number of nitrogens with zero attached hydrogens (tertiary/aromatic N) is 4. The SMILES string of the molecule is CCNC(=NCc1ncnn1C)NCC(=O)Nc1ccc(F)c(F)c1F.I. The lowest BCUT2D eigenvalue weighted by Crippen LogP contribution is -2.41. The van der Waals surface area contributed by atoms with E-state index in [-0.39, 0.29) is 37.1 Å². The van der Waals surface area contributed by atoms with Crippen molar-refractivity contribution in [2.45, 2.75) is 13.5 Å². The zero-order valence-corrected chi connectivity index (χ0v) is 16.9. The summed E-state index contributed by atoms with van der Waals surface area (Å²) < 4.78 is 41.2. The predicted octanol–water partition coefficient (Wildman–Crippen LogP) is 1.54. The summed E-state index contributed by atoms with van der Waals surface area (Å²) in [5, 5.41) is 11.8. The lowest BCUT2D eigenvalue weighted by atomic mass is 10.2. The fourth-order valence-electron chi connectivity index (χ4n) is 1.94. The second kappa shape index (κ2) is 10.7. The molecule has 2 rings (SSSR count).